The summed E-state index contributed by atoms with van der Waals surface area (Å²) in [7, 11) is 3.34. The molecular weight excluding hydrogens is 297 g/mol. The lowest BCUT2D eigenvalue weighted by Gasteiger charge is -2.18. The van der Waals surface area contributed by atoms with Crippen molar-refractivity contribution in [3.63, 3.8) is 0 Å². The molecule has 1 aromatic heterocycles. The first kappa shape index (κ1) is 17.0. The number of guanidine groups is 1. The molecule has 5 nitrogen and oxygen atoms in total. The Labute approximate surface area is 135 Å². The second kappa shape index (κ2) is 8.95. The molecule has 0 aliphatic rings. The first-order chi connectivity index (χ1) is 11.2. The highest BCUT2D eigenvalue weighted by atomic mass is 19.1. The minimum atomic E-state index is -0.257. The molecule has 2 rings (SSSR count). The standard InChI is InChI=1S/C17H22FN3O2/c1-19-17(20-10-9-15-4-3-11-23-15)21-12-16(22-2)13-5-7-14(18)8-6-13/h3-8,11,16H,9-10,12H2,1-2H3,(H2,19,20,21). The number of methoxy groups -OCH3 is 1. The van der Waals surface area contributed by atoms with Crippen LogP contribution in [0.5, 0.6) is 0 Å². The van der Waals surface area contributed by atoms with E-state index in [4.69, 9.17) is 9.15 Å². The molecular formula is C17H22FN3O2. The number of benzene rings is 1. The van der Waals surface area contributed by atoms with Crippen LogP contribution in [0.15, 0.2) is 52.1 Å². The summed E-state index contributed by atoms with van der Waals surface area (Å²) in [6.45, 7) is 1.24. The molecule has 23 heavy (non-hydrogen) atoms. The van der Waals surface area contributed by atoms with Crippen molar-refractivity contribution in [1.29, 1.82) is 0 Å². The lowest BCUT2D eigenvalue weighted by Crippen LogP contribution is -2.40. The molecule has 0 aliphatic heterocycles. The SMILES string of the molecule is CN=C(NCCc1ccco1)NCC(OC)c1ccc(F)cc1. The molecule has 1 unspecified atom stereocenters. The van der Waals surface area contributed by atoms with Crippen molar-refractivity contribution in [3.05, 3.63) is 59.8 Å². The number of halogens is 1. The fourth-order valence-corrected chi connectivity index (χ4v) is 2.18. The van der Waals surface area contributed by atoms with Crippen LogP contribution in [-0.4, -0.2) is 33.2 Å². The van der Waals surface area contributed by atoms with E-state index in [-0.39, 0.29) is 11.9 Å². The molecule has 0 saturated heterocycles. The smallest absolute Gasteiger partial charge is 0.191 e. The Bertz CT molecular complexity index is 597. The van der Waals surface area contributed by atoms with Crippen molar-refractivity contribution in [2.75, 3.05) is 27.2 Å². The van der Waals surface area contributed by atoms with E-state index < -0.39 is 0 Å². The number of ether oxygens (including phenoxy) is 1. The Morgan fingerprint density at radius 1 is 1.26 bits per heavy atom. The molecule has 1 aromatic carbocycles. The fraction of sp³-hybridized carbons (Fsp3) is 0.353. The number of nitrogens with one attached hydrogen (secondary N) is 2. The van der Waals surface area contributed by atoms with Gasteiger partial charge in [0.2, 0.25) is 0 Å². The third-order valence-corrected chi connectivity index (χ3v) is 3.45. The van der Waals surface area contributed by atoms with Gasteiger partial charge in [0, 0.05) is 33.7 Å². The lowest BCUT2D eigenvalue weighted by molar-refractivity contribution is 0.106. The molecule has 0 saturated carbocycles. The summed E-state index contributed by atoms with van der Waals surface area (Å²) in [5.74, 6) is 1.35. The van der Waals surface area contributed by atoms with Gasteiger partial charge in [-0.1, -0.05) is 12.1 Å². The van der Waals surface area contributed by atoms with Gasteiger partial charge in [0.1, 0.15) is 11.6 Å². The summed E-state index contributed by atoms with van der Waals surface area (Å²) in [5.41, 5.74) is 0.910. The van der Waals surface area contributed by atoms with Gasteiger partial charge in [-0.05, 0) is 29.8 Å². The van der Waals surface area contributed by atoms with E-state index >= 15 is 0 Å². The monoisotopic (exact) mass is 319 g/mol. The topological polar surface area (TPSA) is 58.8 Å². The molecule has 0 aliphatic carbocycles. The second-order valence-corrected chi connectivity index (χ2v) is 4.99. The molecule has 1 atom stereocenters. The largest absolute Gasteiger partial charge is 0.469 e. The average molecular weight is 319 g/mol. The highest BCUT2D eigenvalue weighted by Crippen LogP contribution is 2.16. The third-order valence-electron chi connectivity index (χ3n) is 3.45. The Balaban J connectivity index is 1.80. The molecule has 0 radical (unpaired) electrons. The first-order valence-electron chi connectivity index (χ1n) is 7.48. The van der Waals surface area contributed by atoms with Crippen LogP contribution in [0.2, 0.25) is 0 Å². The maximum Gasteiger partial charge on any atom is 0.191 e. The van der Waals surface area contributed by atoms with Crippen molar-refractivity contribution in [2.45, 2.75) is 12.5 Å². The van der Waals surface area contributed by atoms with Gasteiger partial charge in [-0.3, -0.25) is 4.99 Å². The maximum absolute atomic E-state index is 13.0. The predicted octanol–water partition coefficient (Wildman–Crippen LogP) is 2.51. The second-order valence-electron chi connectivity index (χ2n) is 4.99. The number of furan rings is 1. The highest BCUT2D eigenvalue weighted by molar-refractivity contribution is 5.79. The van der Waals surface area contributed by atoms with E-state index in [0.717, 1.165) is 17.7 Å². The van der Waals surface area contributed by atoms with Crippen molar-refractivity contribution in [3.8, 4) is 0 Å². The molecule has 2 aromatic rings. The van der Waals surface area contributed by atoms with E-state index in [0.29, 0.717) is 19.0 Å². The summed E-state index contributed by atoms with van der Waals surface area (Å²) >= 11 is 0. The van der Waals surface area contributed by atoms with Gasteiger partial charge in [0.25, 0.3) is 0 Å². The minimum Gasteiger partial charge on any atom is -0.469 e. The Morgan fingerprint density at radius 3 is 2.65 bits per heavy atom. The van der Waals surface area contributed by atoms with Crippen molar-refractivity contribution in [2.24, 2.45) is 4.99 Å². The Morgan fingerprint density at radius 2 is 2.04 bits per heavy atom. The van der Waals surface area contributed by atoms with Crippen LogP contribution >= 0.6 is 0 Å². The number of nitrogens with zero attached hydrogens (tertiary/aromatic N) is 1. The molecule has 0 spiro atoms. The van der Waals surface area contributed by atoms with Gasteiger partial charge >= 0.3 is 0 Å². The highest BCUT2D eigenvalue weighted by Gasteiger charge is 2.11. The van der Waals surface area contributed by atoms with E-state index in [2.05, 4.69) is 15.6 Å². The Hall–Kier alpha value is -2.34. The van der Waals surface area contributed by atoms with Crippen molar-refractivity contribution < 1.29 is 13.5 Å². The molecule has 2 N–H and O–H groups in total. The van der Waals surface area contributed by atoms with Crippen LogP contribution in [0.4, 0.5) is 4.39 Å². The summed E-state index contributed by atoms with van der Waals surface area (Å²) in [5, 5.41) is 6.41. The summed E-state index contributed by atoms with van der Waals surface area (Å²) < 4.78 is 23.7. The minimum absolute atomic E-state index is 0.181. The van der Waals surface area contributed by atoms with Gasteiger partial charge in [-0.25, -0.2) is 4.39 Å². The molecule has 0 fully saturated rings. The lowest BCUT2D eigenvalue weighted by atomic mass is 10.1. The van der Waals surface area contributed by atoms with Gasteiger partial charge in [-0.2, -0.15) is 0 Å². The zero-order chi connectivity index (χ0) is 16.5. The summed E-state index contributed by atoms with van der Waals surface area (Å²) in [6.07, 6.45) is 2.26. The third kappa shape index (κ3) is 5.41. The fourth-order valence-electron chi connectivity index (χ4n) is 2.18. The van der Waals surface area contributed by atoms with E-state index in [1.807, 2.05) is 12.1 Å². The molecule has 0 bridgehead atoms. The quantitative estimate of drug-likeness (QED) is 0.608. The van der Waals surface area contributed by atoms with E-state index in [9.17, 15) is 4.39 Å². The Kier molecular flexibility index (Phi) is 6.62. The number of rotatable bonds is 7. The average Bonchev–Trinajstić information content (AvgIpc) is 3.08. The van der Waals surface area contributed by atoms with Gasteiger partial charge in [0.15, 0.2) is 5.96 Å². The molecule has 6 heteroatoms. The van der Waals surface area contributed by atoms with E-state index in [1.165, 1.54) is 12.1 Å². The number of hydrogen-bond donors (Lipinski definition) is 2. The maximum atomic E-state index is 13.0. The van der Waals surface area contributed by atoms with Crippen molar-refractivity contribution >= 4 is 5.96 Å². The van der Waals surface area contributed by atoms with Crippen LogP contribution in [0.25, 0.3) is 0 Å². The van der Waals surface area contributed by atoms with Crippen LogP contribution < -0.4 is 10.6 Å². The molecule has 0 amide bonds. The van der Waals surface area contributed by atoms with Gasteiger partial charge in [-0.15, -0.1) is 0 Å². The predicted molar refractivity (Wildman–Crippen MR) is 87.9 cm³/mol. The zero-order valence-corrected chi connectivity index (χ0v) is 13.4. The number of hydrogen-bond acceptors (Lipinski definition) is 3. The molecule has 1 heterocycles. The van der Waals surface area contributed by atoms with Crippen LogP contribution in [0.3, 0.4) is 0 Å². The van der Waals surface area contributed by atoms with Crippen LogP contribution in [0, 0.1) is 5.82 Å². The first-order valence-corrected chi connectivity index (χ1v) is 7.48. The normalized spacial score (nSPS) is 12.9. The zero-order valence-electron chi connectivity index (χ0n) is 13.4. The van der Waals surface area contributed by atoms with Gasteiger partial charge in [0.05, 0.1) is 12.4 Å². The summed E-state index contributed by atoms with van der Waals surface area (Å²) in [6, 6.07) is 10.1. The van der Waals surface area contributed by atoms with E-state index in [1.54, 1.807) is 32.6 Å². The van der Waals surface area contributed by atoms with Crippen molar-refractivity contribution in [1.82, 2.24) is 10.6 Å². The summed E-state index contributed by atoms with van der Waals surface area (Å²) in [4.78, 5) is 4.17. The molecule has 124 valence electrons. The van der Waals surface area contributed by atoms with Crippen LogP contribution in [0.1, 0.15) is 17.4 Å². The van der Waals surface area contributed by atoms with Crippen LogP contribution in [-0.2, 0) is 11.2 Å². The number of aliphatic imine (C=N–C) groups is 1. The van der Waals surface area contributed by atoms with Gasteiger partial charge < -0.3 is 19.8 Å².